The molecule has 0 bridgehead atoms. The van der Waals surface area contributed by atoms with Gasteiger partial charge in [0.05, 0.1) is 0 Å². The predicted molar refractivity (Wildman–Crippen MR) is 60.1 cm³/mol. The average molecular weight is 243 g/mol. The van der Waals surface area contributed by atoms with E-state index in [9.17, 15) is 13.6 Å². The van der Waals surface area contributed by atoms with Crippen LogP contribution in [0.25, 0.3) is 0 Å². The van der Waals surface area contributed by atoms with E-state index in [1.54, 1.807) is 13.8 Å². The van der Waals surface area contributed by atoms with E-state index in [2.05, 4.69) is 5.32 Å². The summed E-state index contributed by atoms with van der Waals surface area (Å²) >= 11 is 0. The van der Waals surface area contributed by atoms with Gasteiger partial charge in [-0.05, 0) is 11.6 Å². The van der Waals surface area contributed by atoms with E-state index in [0.717, 1.165) is 6.07 Å². The summed E-state index contributed by atoms with van der Waals surface area (Å²) in [5.74, 6) is 3.64. The minimum absolute atomic E-state index is 0.179. The van der Waals surface area contributed by atoms with Crippen molar-refractivity contribution in [3.63, 3.8) is 0 Å². The molecular formula is C11H15F2N3O. The highest BCUT2D eigenvalue weighted by atomic mass is 19.1. The Morgan fingerprint density at radius 2 is 2.06 bits per heavy atom. The molecule has 4 N–H and O–H groups in total. The number of rotatable bonds is 3. The van der Waals surface area contributed by atoms with Crippen molar-refractivity contribution in [2.45, 2.75) is 19.3 Å². The molecule has 0 aliphatic carbocycles. The van der Waals surface area contributed by atoms with Crippen molar-refractivity contribution in [3.05, 3.63) is 35.4 Å². The van der Waals surface area contributed by atoms with Crippen LogP contribution < -0.4 is 16.6 Å². The van der Waals surface area contributed by atoms with Crippen molar-refractivity contribution >= 4 is 6.03 Å². The van der Waals surface area contributed by atoms with E-state index >= 15 is 0 Å². The molecule has 0 aliphatic rings. The molecule has 4 nitrogen and oxygen atoms in total. The third-order valence-electron chi connectivity index (χ3n) is 2.48. The molecule has 0 aromatic heterocycles. The zero-order chi connectivity index (χ0) is 13.1. The Balaban J connectivity index is 2.85. The Hall–Kier alpha value is -1.69. The van der Waals surface area contributed by atoms with Gasteiger partial charge in [0.15, 0.2) is 0 Å². The number of hydrogen-bond donors (Lipinski definition) is 3. The maximum atomic E-state index is 13.6. The number of urea groups is 1. The van der Waals surface area contributed by atoms with E-state index < -0.39 is 23.1 Å². The second kappa shape index (κ2) is 5.09. The van der Waals surface area contributed by atoms with Crippen molar-refractivity contribution in [1.82, 2.24) is 10.7 Å². The maximum absolute atomic E-state index is 13.6. The minimum Gasteiger partial charge on any atom is -0.336 e. The molecule has 1 aromatic carbocycles. The lowest BCUT2D eigenvalue weighted by Gasteiger charge is -2.26. The number of amides is 2. The first-order valence-electron chi connectivity index (χ1n) is 5.07. The molecule has 17 heavy (non-hydrogen) atoms. The topological polar surface area (TPSA) is 67.2 Å². The van der Waals surface area contributed by atoms with Gasteiger partial charge in [0, 0.05) is 18.0 Å². The summed E-state index contributed by atoms with van der Waals surface area (Å²) in [6.45, 7) is 3.65. The molecule has 0 fully saturated rings. The second-order valence-electron chi connectivity index (χ2n) is 4.34. The van der Waals surface area contributed by atoms with Gasteiger partial charge >= 0.3 is 6.03 Å². The highest BCUT2D eigenvalue weighted by Gasteiger charge is 2.24. The summed E-state index contributed by atoms with van der Waals surface area (Å²) in [6, 6.07) is 2.82. The number of hydrogen-bond acceptors (Lipinski definition) is 2. The zero-order valence-corrected chi connectivity index (χ0v) is 9.68. The summed E-state index contributed by atoms with van der Waals surface area (Å²) < 4.78 is 26.3. The van der Waals surface area contributed by atoms with Crippen molar-refractivity contribution < 1.29 is 13.6 Å². The van der Waals surface area contributed by atoms with E-state index in [4.69, 9.17) is 5.84 Å². The van der Waals surface area contributed by atoms with Crippen LogP contribution in [0.15, 0.2) is 18.2 Å². The van der Waals surface area contributed by atoms with Gasteiger partial charge in [-0.15, -0.1) is 0 Å². The van der Waals surface area contributed by atoms with Crippen molar-refractivity contribution in [3.8, 4) is 0 Å². The summed E-state index contributed by atoms with van der Waals surface area (Å²) in [5, 5.41) is 2.48. The average Bonchev–Trinajstić information content (AvgIpc) is 2.25. The van der Waals surface area contributed by atoms with Gasteiger partial charge in [-0.3, -0.25) is 5.43 Å². The summed E-state index contributed by atoms with van der Waals surface area (Å²) in [7, 11) is 0. The molecule has 1 aromatic rings. The van der Waals surface area contributed by atoms with E-state index in [-0.39, 0.29) is 6.54 Å². The molecule has 94 valence electrons. The Morgan fingerprint density at radius 1 is 1.41 bits per heavy atom. The molecule has 1 rings (SSSR count). The van der Waals surface area contributed by atoms with Crippen LogP contribution in [0.2, 0.25) is 0 Å². The van der Waals surface area contributed by atoms with Crippen molar-refractivity contribution in [2.24, 2.45) is 5.84 Å². The van der Waals surface area contributed by atoms with Crippen LogP contribution in [0.5, 0.6) is 0 Å². The van der Waals surface area contributed by atoms with Gasteiger partial charge in [0.25, 0.3) is 0 Å². The number of nitrogens with one attached hydrogen (secondary N) is 2. The first-order chi connectivity index (χ1) is 7.86. The maximum Gasteiger partial charge on any atom is 0.328 e. The summed E-state index contributed by atoms with van der Waals surface area (Å²) in [4.78, 5) is 10.9. The zero-order valence-electron chi connectivity index (χ0n) is 9.68. The number of carbonyl (C=O) groups excluding carboxylic acids is 1. The number of carbonyl (C=O) groups is 1. The predicted octanol–water partition coefficient (Wildman–Crippen LogP) is 1.42. The lowest BCUT2D eigenvalue weighted by atomic mass is 9.84. The molecule has 0 saturated carbocycles. The number of hydrazine groups is 1. The molecule has 0 aliphatic heterocycles. The van der Waals surface area contributed by atoms with Gasteiger partial charge in [0.2, 0.25) is 0 Å². The van der Waals surface area contributed by atoms with Gasteiger partial charge < -0.3 is 5.32 Å². The van der Waals surface area contributed by atoms with E-state index in [0.29, 0.717) is 5.56 Å². The number of halogens is 2. The van der Waals surface area contributed by atoms with Crippen LogP contribution in [0.3, 0.4) is 0 Å². The molecule has 0 unspecified atom stereocenters. The molecule has 0 heterocycles. The smallest absolute Gasteiger partial charge is 0.328 e. The molecule has 6 heteroatoms. The summed E-state index contributed by atoms with van der Waals surface area (Å²) in [6.07, 6.45) is 0. The lowest BCUT2D eigenvalue weighted by molar-refractivity contribution is 0.238. The first-order valence-corrected chi connectivity index (χ1v) is 5.07. The van der Waals surface area contributed by atoms with Crippen LogP contribution in [0.4, 0.5) is 13.6 Å². The van der Waals surface area contributed by atoms with Gasteiger partial charge in [-0.25, -0.2) is 19.4 Å². The van der Waals surface area contributed by atoms with Crippen LogP contribution in [0, 0.1) is 11.6 Å². The standard InChI is InChI=1S/C11H15F2N3O/c1-11(2,6-15-10(17)16-14)8-4-3-7(12)5-9(8)13/h3-5H,6,14H2,1-2H3,(H2,15,16,17). The van der Waals surface area contributed by atoms with Gasteiger partial charge in [-0.2, -0.15) is 0 Å². The lowest BCUT2D eigenvalue weighted by Crippen LogP contribution is -2.45. The molecule has 0 radical (unpaired) electrons. The normalized spacial score (nSPS) is 11.1. The SMILES string of the molecule is CC(C)(CNC(=O)NN)c1ccc(F)cc1F. The van der Waals surface area contributed by atoms with Crippen molar-refractivity contribution in [2.75, 3.05) is 6.54 Å². The van der Waals surface area contributed by atoms with Crippen molar-refractivity contribution in [1.29, 1.82) is 0 Å². The van der Waals surface area contributed by atoms with Crippen LogP contribution >= 0.6 is 0 Å². The highest BCUT2D eigenvalue weighted by molar-refractivity contribution is 5.73. The van der Waals surface area contributed by atoms with Crippen LogP contribution in [-0.2, 0) is 5.41 Å². The Labute approximate surface area is 98.2 Å². The Bertz CT molecular complexity index is 421. The molecular weight excluding hydrogens is 228 g/mol. The minimum atomic E-state index is -0.662. The Morgan fingerprint density at radius 3 is 2.59 bits per heavy atom. The second-order valence-corrected chi connectivity index (χ2v) is 4.34. The third-order valence-corrected chi connectivity index (χ3v) is 2.48. The third kappa shape index (κ3) is 3.39. The van der Waals surface area contributed by atoms with Gasteiger partial charge in [0.1, 0.15) is 11.6 Å². The van der Waals surface area contributed by atoms with Crippen LogP contribution in [-0.4, -0.2) is 12.6 Å². The molecule has 2 amide bonds. The summed E-state index contributed by atoms with van der Waals surface area (Å²) in [5.41, 5.74) is 1.58. The molecule has 0 atom stereocenters. The molecule has 0 saturated heterocycles. The monoisotopic (exact) mass is 243 g/mol. The number of nitrogens with two attached hydrogens (primary N) is 1. The quantitative estimate of drug-likeness (QED) is 0.427. The first kappa shape index (κ1) is 13.4. The van der Waals surface area contributed by atoms with Gasteiger partial charge in [-0.1, -0.05) is 19.9 Å². The Kier molecular flexibility index (Phi) is 4.01. The van der Waals surface area contributed by atoms with Crippen LogP contribution in [0.1, 0.15) is 19.4 Å². The fourth-order valence-corrected chi connectivity index (χ4v) is 1.49. The fourth-order valence-electron chi connectivity index (χ4n) is 1.49. The fraction of sp³-hybridized carbons (Fsp3) is 0.364. The molecule has 0 spiro atoms. The van der Waals surface area contributed by atoms with E-state index in [1.807, 2.05) is 5.43 Å². The largest absolute Gasteiger partial charge is 0.336 e. The number of benzene rings is 1. The highest BCUT2D eigenvalue weighted by Crippen LogP contribution is 2.25. The van der Waals surface area contributed by atoms with E-state index in [1.165, 1.54) is 12.1 Å².